The normalized spacial score (nSPS) is 14.5. The molecule has 1 amide bonds. The van der Waals surface area contributed by atoms with Gasteiger partial charge in [0.2, 0.25) is 5.91 Å². The lowest BCUT2D eigenvalue weighted by molar-refractivity contribution is -0.132. The molecule has 1 aliphatic rings. The first kappa shape index (κ1) is 20.5. The highest BCUT2D eigenvalue weighted by Crippen LogP contribution is 2.30. The zero-order chi connectivity index (χ0) is 20.5. The molecule has 2 aromatic heterocycles. The molecule has 152 valence electrons. The molecule has 1 saturated heterocycles. The van der Waals surface area contributed by atoms with Crippen LogP contribution in [0, 0.1) is 3.70 Å². The third-order valence-electron chi connectivity index (χ3n) is 4.93. The molecule has 0 radical (unpaired) electrons. The van der Waals surface area contributed by atoms with Crippen molar-refractivity contribution >= 4 is 68.4 Å². The monoisotopic (exact) mass is 545 g/mol. The van der Waals surface area contributed by atoms with Crippen LogP contribution in [0.4, 0.5) is 5.69 Å². The van der Waals surface area contributed by atoms with Crippen LogP contribution in [-0.4, -0.2) is 58.9 Å². The van der Waals surface area contributed by atoms with Gasteiger partial charge in [-0.3, -0.25) is 4.79 Å². The summed E-state index contributed by atoms with van der Waals surface area (Å²) in [4.78, 5) is 21.2. The number of methoxy groups -OCH3 is 1. The maximum Gasteiger partial charge on any atom is 0.244 e. The van der Waals surface area contributed by atoms with Gasteiger partial charge in [0.1, 0.15) is 16.0 Å². The van der Waals surface area contributed by atoms with Gasteiger partial charge in [-0.2, -0.15) is 5.10 Å². The predicted molar refractivity (Wildman–Crippen MR) is 122 cm³/mol. The van der Waals surface area contributed by atoms with Crippen LogP contribution < -0.4 is 9.64 Å². The number of halogens is 3. The smallest absolute Gasteiger partial charge is 0.244 e. The van der Waals surface area contributed by atoms with E-state index in [0.29, 0.717) is 34.5 Å². The Morgan fingerprint density at radius 3 is 2.69 bits per heavy atom. The fraction of sp³-hybridized carbons (Fsp3) is 0.316. The Morgan fingerprint density at radius 1 is 1.21 bits per heavy atom. The van der Waals surface area contributed by atoms with Gasteiger partial charge in [-0.05, 0) is 40.8 Å². The van der Waals surface area contributed by atoms with E-state index in [0.717, 1.165) is 27.9 Å². The number of pyridine rings is 1. The maximum absolute atomic E-state index is 12.8. The molecular weight excluding hydrogens is 528 g/mol. The summed E-state index contributed by atoms with van der Waals surface area (Å²) in [6, 6.07) is 7.54. The molecule has 0 N–H and O–H groups in total. The lowest BCUT2D eigenvalue weighted by Gasteiger charge is -2.36. The number of anilines is 1. The second kappa shape index (κ2) is 8.53. The lowest BCUT2D eigenvalue weighted by Crippen LogP contribution is -2.49. The second-order valence-electron chi connectivity index (χ2n) is 6.66. The molecule has 4 rings (SSSR count). The van der Waals surface area contributed by atoms with Crippen molar-refractivity contribution in [3.05, 3.63) is 44.2 Å². The molecule has 1 fully saturated rings. The van der Waals surface area contributed by atoms with Crippen LogP contribution in [0.1, 0.15) is 0 Å². The molecule has 0 atom stereocenters. The van der Waals surface area contributed by atoms with E-state index >= 15 is 0 Å². The second-order valence-corrected chi connectivity index (χ2v) is 8.53. The molecule has 29 heavy (non-hydrogen) atoms. The zero-order valence-electron chi connectivity index (χ0n) is 15.6. The number of benzene rings is 1. The fourth-order valence-corrected chi connectivity index (χ4v) is 4.40. The van der Waals surface area contributed by atoms with Crippen molar-refractivity contribution in [2.75, 3.05) is 38.2 Å². The first-order valence-electron chi connectivity index (χ1n) is 9.00. The number of hydrogen-bond acceptors (Lipinski definition) is 5. The summed E-state index contributed by atoms with van der Waals surface area (Å²) >= 11 is 14.3. The van der Waals surface area contributed by atoms with Gasteiger partial charge < -0.3 is 14.5 Å². The minimum absolute atomic E-state index is 0.0240. The highest BCUT2D eigenvalue weighted by molar-refractivity contribution is 14.1. The van der Waals surface area contributed by atoms with Gasteiger partial charge in [0.15, 0.2) is 5.65 Å². The van der Waals surface area contributed by atoms with Crippen molar-refractivity contribution in [1.29, 1.82) is 0 Å². The number of rotatable bonds is 4. The number of fused-ring (bicyclic) bond motifs is 1. The van der Waals surface area contributed by atoms with E-state index in [1.54, 1.807) is 18.0 Å². The van der Waals surface area contributed by atoms with E-state index in [2.05, 4.69) is 37.6 Å². The van der Waals surface area contributed by atoms with Crippen molar-refractivity contribution in [3.63, 3.8) is 0 Å². The van der Waals surface area contributed by atoms with Gasteiger partial charge in [-0.1, -0.05) is 23.2 Å². The summed E-state index contributed by atoms with van der Waals surface area (Å²) in [5.74, 6) is 0.673. The van der Waals surface area contributed by atoms with E-state index in [4.69, 9.17) is 27.9 Å². The van der Waals surface area contributed by atoms with Crippen molar-refractivity contribution in [2.24, 2.45) is 0 Å². The molecule has 1 aromatic carbocycles. The third-order valence-corrected chi connectivity index (χ3v) is 6.24. The van der Waals surface area contributed by atoms with Crippen LogP contribution in [0.25, 0.3) is 11.0 Å². The molecule has 0 unspecified atom stereocenters. The number of piperazine rings is 1. The number of aromatic nitrogens is 3. The Kier molecular flexibility index (Phi) is 6.03. The number of carbonyl (C=O) groups is 1. The zero-order valence-corrected chi connectivity index (χ0v) is 19.3. The average molecular weight is 546 g/mol. The maximum atomic E-state index is 12.8. The number of carbonyl (C=O) groups excluding carboxylic acids is 1. The summed E-state index contributed by atoms with van der Waals surface area (Å²) in [5.41, 5.74) is 1.70. The molecule has 0 bridgehead atoms. The molecule has 1 aliphatic heterocycles. The van der Waals surface area contributed by atoms with E-state index in [1.807, 2.05) is 29.2 Å². The van der Waals surface area contributed by atoms with Gasteiger partial charge in [0.25, 0.3) is 0 Å². The van der Waals surface area contributed by atoms with Crippen LogP contribution in [0.5, 0.6) is 5.75 Å². The summed E-state index contributed by atoms with van der Waals surface area (Å²) in [7, 11) is 1.60. The summed E-state index contributed by atoms with van der Waals surface area (Å²) in [6.45, 7) is 2.91. The van der Waals surface area contributed by atoms with Crippen molar-refractivity contribution < 1.29 is 9.53 Å². The first-order chi connectivity index (χ1) is 14.0. The number of amides is 1. The predicted octanol–water partition coefficient (Wildman–Crippen LogP) is 3.70. The van der Waals surface area contributed by atoms with Gasteiger partial charge in [-0.25, -0.2) is 9.67 Å². The average Bonchev–Trinajstić information content (AvgIpc) is 3.03. The lowest BCUT2D eigenvalue weighted by atomic mass is 10.2. The molecular formula is C19H18Cl2IN5O2. The number of hydrogen-bond donors (Lipinski definition) is 0. The van der Waals surface area contributed by atoms with E-state index in [-0.39, 0.29) is 12.5 Å². The minimum Gasteiger partial charge on any atom is -0.495 e. The highest BCUT2D eigenvalue weighted by atomic mass is 127. The topological polar surface area (TPSA) is 63.5 Å². The van der Waals surface area contributed by atoms with Gasteiger partial charge in [0, 0.05) is 44.1 Å². The highest BCUT2D eigenvalue weighted by Gasteiger charge is 2.23. The van der Waals surface area contributed by atoms with Gasteiger partial charge in [-0.15, -0.1) is 0 Å². The van der Waals surface area contributed by atoms with Crippen LogP contribution in [-0.2, 0) is 11.3 Å². The van der Waals surface area contributed by atoms with E-state index in [9.17, 15) is 4.79 Å². The van der Waals surface area contributed by atoms with E-state index in [1.165, 1.54) is 0 Å². The Hall–Kier alpha value is -1.78. The molecule has 7 nitrogen and oxygen atoms in total. The molecule has 3 heterocycles. The summed E-state index contributed by atoms with van der Waals surface area (Å²) in [6.07, 6.45) is 1.57. The summed E-state index contributed by atoms with van der Waals surface area (Å²) in [5, 5.41) is 6.44. The van der Waals surface area contributed by atoms with Gasteiger partial charge in [0.05, 0.1) is 22.5 Å². The molecule has 10 heteroatoms. The van der Waals surface area contributed by atoms with Crippen LogP contribution in [0.2, 0.25) is 10.0 Å². The Morgan fingerprint density at radius 2 is 1.97 bits per heavy atom. The molecule has 3 aromatic rings. The minimum atomic E-state index is 0.0240. The van der Waals surface area contributed by atoms with Crippen molar-refractivity contribution in [3.8, 4) is 5.75 Å². The molecule has 0 aliphatic carbocycles. The van der Waals surface area contributed by atoms with E-state index < -0.39 is 0 Å². The fourth-order valence-electron chi connectivity index (χ4n) is 3.39. The van der Waals surface area contributed by atoms with Crippen molar-refractivity contribution in [2.45, 2.75) is 6.54 Å². The largest absolute Gasteiger partial charge is 0.495 e. The Bertz CT molecular complexity index is 1070. The molecule has 0 saturated carbocycles. The van der Waals surface area contributed by atoms with Crippen LogP contribution in [0.3, 0.4) is 0 Å². The first-order valence-corrected chi connectivity index (χ1v) is 10.8. The number of ether oxygens (including phenoxy) is 1. The standard InChI is InChI=1S/C19H18Cl2IN5O2/c1-29-16-9-13(2-3-15(16)21)25-4-6-26(7-5-25)17(28)11-27-19-14(18(22)24-27)8-12(20)10-23-19/h2-3,8-10H,4-7,11H2,1H3. The number of nitrogens with zero attached hydrogens (tertiary/aromatic N) is 5. The quantitative estimate of drug-likeness (QED) is 0.468. The van der Waals surface area contributed by atoms with Gasteiger partial charge >= 0.3 is 0 Å². The molecule has 0 spiro atoms. The van der Waals surface area contributed by atoms with Crippen molar-refractivity contribution in [1.82, 2.24) is 19.7 Å². The third kappa shape index (κ3) is 4.24. The summed E-state index contributed by atoms with van der Waals surface area (Å²) < 4.78 is 7.72. The Labute approximate surface area is 191 Å². The van der Waals surface area contributed by atoms with Crippen LogP contribution >= 0.6 is 45.8 Å². The SMILES string of the molecule is COc1cc(N2CCN(C(=O)Cn3nc(I)c4cc(Cl)cnc43)CC2)ccc1Cl. The Balaban J connectivity index is 1.42. The van der Waals surface area contributed by atoms with Crippen LogP contribution in [0.15, 0.2) is 30.5 Å².